The summed E-state index contributed by atoms with van der Waals surface area (Å²) in [5, 5.41) is 11.8. The summed E-state index contributed by atoms with van der Waals surface area (Å²) < 4.78 is -0.578. The Morgan fingerprint density at radius 3 is 2.40 bits per heavy atom. The Kier molecular flexibility index (Phi) is 6.28. The van der Waals surface area contributed by atoms with Gasteiger partial charge < -0.3 is 15.3 Å². The summed E-state index contributed by atoms with van der Waals surface area (Å²) in [6, 6.07) is 7.78. The number of nitrogens with zero attached hydrogens (tertiary/aromatic N) is 1. The lowest BCUT2D eigenvalue weighted by atomic mass is 9.96. The summed E-state index contributed by atoms with van der Waals surface area (Å²) in [6.45, 7) is 3.62. The number of aliphatic carboxylic acids is 1. The standard InChI is InChI=1S/C16H18N2O4S.2CH4/c1-16(2)12(15(21)22)18-13(20)11(14(18)23-16)17-10(19)8-9-6-4-3-5-7-9;;/h3-7,11-12,14H,8H2,1-2H3,(H,17,19)(H,21,22);2*1H4/t11-,12+,14?;;/m0../s1. The van der Waals surface area contributed by atoms with Gasteiger partial charge in [-0.1, -0.05) is 45.2 Å². The van der Waals surface area contributed by atoms with E-state index < -0.39 is 22.8 Å². The lowest BCUT2D eigenvalue weighted by Crippen LogP contribution is -2.70. The van der Waals surface area contributed by atoms with Gasteiger partial charge >= 0.3 is 5.97 Å². The molecule has 0 radical (unpaired) electrons. The van der Waals surface area contributed by atoms with Crippen molar-refractivity contribution < 1.29 is 19.5 Å². The predicted molar refractivity (Wildman–Crippen MR) is 99.3 cm³/mol. The Morgan fingerprint density at radius 1 is 1.24 bits per heavy atom. The zero-order chi connectivity index (χ0) is 16.8. The molecule has 0 bridgehead atoms. The highest BCUT2D eigenvalue weighted by molar-refractivity contribution is 8.01. The number of β-lactam (4-membered cyclic amide) rings is 1. The van der Waals surface area contributed by atoms with E-state index in [1.54, 1.807) is 0 Å². The summed E-state index contributed by atoms with van der Waals surface area (Å²) >= 11 is 1.42. The second-order valence-corrected chi connectivity index (χ2v) is 8.08. The highest BCUT2D eigenvalue weighted by Crippen LogP contribution is 2.50. The van der Waals surface area contributed by atoms with Gasteiger partial charge in [-0.05, 0) is 19.4 Å². The topological polar surface area (TPSA) is 86.7 Å². The predicted octanol–water partition coefficient (Wildman–Crippen LogP) is 2.13. The molecule has 6 nitrogen and oxygen atoms in total. The minimum atomic E-state index is -1.01. The van der Waals surface area contributed by atoms with Crippen molar-refractivity contribution in [1.82, 2.24) is 10.2 Å². The van der Waals surface area contributed by atoms with Crippen LogP contribution in [0.2, 0.25) is 0 Å². The van der Waals surface area contributed by atoms with E-state index in [9.17, 15) is 19.5 Å². The van der Waals surface area contributed by atoms with E-state index in [0.29, 0.717) is 0 Å². The fourth-order valence-electron chi connectivity index (χ4n) is 3.15. The molecule has 1 aromatic carbocycles. The number of carbonyl (C=O) groups excluding carboxylic acids is 2. The van der Waals surface area contributed by atoms with E-state index in [0.717, 1.165) is 5.56 Å². The number of carboxylic acid groups (broad SMARTS) is 1. The van der Waals surface area contributed by atoms with Crippen LogP contribution in [0.3, 0.4) is 0 Å². The Hall–Kier alpha value is -2.02. The van der Waals surface area contributed by atoms with Gasteiger partial charge in [0.15, 0.2) is 0 Å². The number of amides is 2. The first kappa shape index (κ1) is 21.0. The minimum absolute atomic E-state index is 0. The summed E-state index contributed by atoms with van der Waals surface area (Å²) in [5.74, 6) is -1.55. The molecular formula is C18H26N2O4S. The van der Waals surface area contributed by atoms with E-state index in [1.807, 2.05) is 44.2 Å². The molecule has 1 aromatic rings. The molecule has 25 heavy (non-hydrogen) atoms. The van der Waals surface area contributed by atoms with E-state index >= 15 is 0 Å². The van der Waals surface area contributed by atoms with Gasteiger partial charge in [0, 0.05) is 4.75 Å². The Labute approximate surface area is 153 Å². The van der Waals surface area contributed by atoms with Crippen molar-refractivity contribution in [2.45, 2.75) is 57.3 Å². The molecule has 138 valence electrons. The zero-order valence-corrected chi connectivity index (χ0v) is 13.7. The average Bonchev–Trinajstić information content (AvgIpc) is 2.74. The quantitative estimate of drug-likeness (QED) is 0.797. The van der Waals surface area contributed by atoms with Gasteiger partial charge in [0.05, 0.1) is 6.42 Å². The van der Waals surface area contributed by atoms with Crippen LogP contribution in [0, 0.1) is 0 Å². The van der Waals surface area contributed by atoms with Crippen LogP contribution in [0.15, 0.2) is 30.3 Å². The molecule has 0 aromatic heterocycles. The molecule has 0 aliphatic carbocycles. The molecule has 2 fully saturated rings. The second kappa shape index (κ2) is 7.47. The molecule has 2 saturated heterocycles. The SMILES string of the molecule is C.C.CC1(C)SC2[C@@H](NC(=O)Cc3ccccc3)C(=O)N2[C@@H]1C(=O)O. The van der Waals surface area contributed by atoms with E-state index in [1.165, 1.54) is 16.7 Å². The summed E-state index contributed by atoms with van der Waals surface area (Å²) in [6.07, 6.45) is 0.202. The van der Waals surface area contributed by atoms with Crippen molar-refractivity contribution in [3.05, 3.63) is 35.9 Å². The monoisotopic (exact) mass is 366 g/mol. The van der Waals surface area contributed by atoms with E-state index in [4.69, 9.17) is 0 Å². The number of carbonyl (C=O) groups is 3. The van der Waals surface area contributed by atoms with Gasteiger partial charge in [0.25, 0.3) is 0 Å². The summed E-state index contributed by atoms with van der Waals surface area (Å²) in [5.41, 5.74) is 0.872. The first-order valence-corrected chi connectivity index (χ1v) is 8.25. The van der Waals surface area contributed by atoms with Crippen molar-refractivity contribution in [3.63, 3.8) is 0 Å². The molecule has 0 saturated carbocycles. The van der Waals surface area contributed by atoms with Gasteiger partial charge in [-0.15, -0.1) is 11.8 Å². The molecule has 2 aliphatic rings. The highest BCUT2D eigenvalue weighted by atomic mass is 32.2. The summed E-state index contributed by atoms with van der Waals surface area (Å²) in [7, 11) is 0. The Morgan fingerprint density at radius 2 is 1.84 bits per heavy atom. The normalized spacial score (nSPS) is 25.8. The fraction of sp³-hybridized carbons (Fsp3) is 0.500. The largest absolute Gasteiger partial charge is 0.480 e. The molecule has 7 heteroatoms. The zero-order valence-electron chi connectivity index (χ0n) is 12.9. The molecule has 2 N–H and O–H groups in total. The van der Waals surface area contributed by atoms with Crippen molar-refractivity contribution in [2.24, 2.45) is 0 Å². The number of hydrogen-bond donors (Lipinski definition) is 2. The Balaban J connectivity index is 0.00000156. The summed E-state index contributed by atoms with van der Waals surface area (Å²) in [4.78, 5) is 37.2. The molecule has 2 heterocycles. The maximum atomic E-state index is 12.3. The number of thioether (sulfide) groups is 1. The van der Waals surface area contributed by atoms with Gasteiger partial charge in [-0.25, -0.2) is 4.79 Å². The van der Waals surface area contributed by atoms with Crippen molar-refractivity contribution in [2.75, 3.05) is 0 Å². The molecule has 0 spiro atoms. The maximum absolute atomic E-state index is 12.3. The third-order valence-electron chi connectivity index (χ3n) is 4.20. The third-order valence-corrected chi connectivity index (χ3v) is 5.77. The lowest BCUT2D eigenvalue weighted by molar-refractivity contribution is -0.161. The van der Waals surface area contributed by atoms with E-state index in [2.05, 4.69) is 5.32 Å². The second-order valence-electron chi connectivity index (χ2n) is 6.31. The van der Waals surface area contributed by atoms with Crippen LogP contribution in [0.4, 0.5) is 0 Å². The molecule has 3 rings (SSSR count). The number of benzene rings is 1. The Bertz CT molecular complexity index is 662. The van der Waals surface area contributed by atoms with Crippen molar-refractivity contribution in [1.29, 1.82) is 0 Å². The van der Waals surface area contributed by atoms with Gasteiger partial charge in [-0.3, -0.25) is 9.59 Å². The smallest absolute Gasteiger partial charge is 0.327 e. The van der Waals surface area contributed by atoms with Crippen molar-refractivity contribution in [3.8, 4) is 0 Å². The first-order chi connectivity index (χ1) is 10.8. The van der Waals surface area contributed by atoms with Crippen LogP contribution >= 0.6 is 11.8 Å². The van der Waals surface area contributed by atoms with Gasteiger partial charge in [0.1, 0.15) is 17.5 Å². The number of hydrogen-bond acceptors (Lipinski definition) is 4. The lowest BCUT2D eigenvalue weighted by Gasteiger charge is -2.43. The number of carboxylic acids is 1. The number of fused-ring (bicyclic) bond motifs is 1. The minimum Gasteiger partial charge on any atom is -0.480 e. The molecule has 2 aliphatic heterocycles. The van der Waals surface area contributed by atoms with Crippen LogP contribution in [0.25, 0.3) is 0 Å². The van der Waals surface area contributed by atoms with Gasteiger partial charge in [0.2, 0.25) is 11.8 Å². The van der Waals surface area contributed by atoms with Crippen LogP contribution in [-0.4, -0.2) is 50.0 Å². The average molecular weight is 366 g/mol. The van der Waals surface area contributed by atoms with Crippen LogP contribution in [-0.2, 0) is 20.8 Å². The van der Waals surface area contributed by atoms with E-state index in [-0.39, 0.29) is 38.5 Å². The first-order valence-electron chi connectivity index (χ1n) is 7.37. The number of rotatable bonds is 4. The molecular weight excluding hydrogens is 340 g/mol. The van der Waals surface area contributed by atoms with Crippen LogP contribution < -0.4 is 5.32 Å². The highest BCUT2D eigenvalue weighted by Gasteiger charge is 2.64. The van der Waals surface area contributed by atoms with Gasteiger partial charge in [-0.2, -0.15) is 0 Å². The molecule has 1 unspecified atom stereocenters. The van der Waals surface area contributed by atoms with Crippen LogP contribution in [0.1, 0.15) is 34.3 Å². The van der Waals surface area contributed by atoms with Crippen molar-refractivity contribution >= 4 is 29.5 Å². The van der Waals surface area contributed by atoms with Crippen LogP contribution in [0.5, 0.6) is 0 Å². The fourth-order valence-corrected chi connectivity index (χ4v) is 4.78. The molecule has 2 amide bonds. The number of nitrogens with one attached hydrogen (secondary N) is 1. The maximum Gasteiger partial charge on any atom is 0.327 e. The molecule has 3 atom stereocenters. The third kappa shape index (κ3) is 3.66.